The van der Waals surface area contributed by atoms with E-state index >= 15 is 61.5 Å². The molecule has 0 spiro atoms. The maximum Gasteiger partial charge on any atom is 0.462 e. The first kappa shape index (κ1) is 109. The molecule has 3 aromatic rings. The van der Waals surface area contributed by atoms with Gasteiger partial charge in [0.25, 0.3) is 0 Å². The van der Waals surface area contributed by atoms with Crippen molar-refractivity contribution in [3.63, 3.8) is 0 Å². The summed E-state index contributed by atoms with van der Waals surface area (Å²) in [5.41, 5.74) is -6.82. The number of benzene rings is 3. The van der Waals surface area contributed by atoms with E-state index < -0.39 is 265 Å². The van der Waals surface area contributed by atoms with Gasteiger partial charge in [-0.05, 0) is 60.7 Å². The summed E-state index contributed by atoms with van der Waals surface area (Å²) in [4.78, 5) is 0. The monoisotopic (exact) mass is 1970 g/mol. The van der Waals surface area contributed by atoms with Gasteiger partial charge in [-0.25, -0.2) is 4.57 Å². The molecule has 0 aromatic heterocycles. The molecular weight excluding hydrogens is 1960 g/mol. The number of halogens is 62. The highest BCUT2D eigenvalue weighted by Crippen LogP contribution is 2.67. The van der Waals surface area contributed by atoms with Crippen LogP contribution in [0, 0.1) is 0 Å². The lowest BCUT2D eigenvalue weighted by atomic mass is 10.00. The molecule has 0 fully saturated rings. The molecule has 0 aliphatic carbocycles. The van der Waals surface area contributed by atoms with Crippen LogP contribution < -0.4 is 14.4 Å². The number of rotatable bonds is 33. The highest BCUT2D eigenvalue weighted by molar-refractivity contribution is 7.63. The highest BCUT2D eigenvalue weighted by Gasteiger charge is 2.94. The zero-order valence-corrected chi connectivity index (χ0v) is 54.3. The summed E-state index contributed by atoms with van der Waals surface area (Å²) in [6.07, 6.45) is -164. The standard InChI is InChI=1S/C48H13F62O11P/c49-19(50,23(57,33(71,72)73)114-43(99,100)27(61,37(83,84)85)118-47(107,108)29(63,39(89,90)91)120-45(103,104)25(59,35(77,78)79)116-41(95,96)21(53,54)31(65,66)67)14-6-10-16(11-7-14)112-122(111,18-4-2-1-3-5-18)113-17-12-8-15(9-13-17)20(51,52)24(58,34(74,75)76)115-44(101,102)28(62,38(86,87)88)119-48(109,110)30(64,40(92,93)94)121-46(105,106)26(60,36(80,81)82)117-42(97,98)22(55,56)32(68,69)70/h1-13H. The molecule has 0 amide bonds. The Balaban J connectivity index is 2.24. The fourth-order valence-electron chi connectivity index (χ4n) is 7.39. The van der Waals surface area contributed by atoms with Crippen LogP contribution in [-0.2, 0) is 54.3 Å². The maximum absolute atomic E-state index is 15.7. The fourth-order valence-corrected chi connectivity index (χ4v) is 8.98. The number of ether oxygens (including phenoxy) is 8. The van der Waals surface area contributed by atoms with Crippen molar-refractivity contribution in [3.05, 3.63) is 90.0 Å². The van der Waals surface area contributed by atoms with Crippen LogP contribution in [0.2, 0.25) is 0 Å². The van der Waals surface area contributed by atoms with E-state index in [1.54, 1.807) is 0 Å². The van der Waals surface area contributed by atoms with Crippen molar-refractivity contribution in [2.75, 3.05) is 0 Å². The molecule has 0 aliphatic heterocycles. The Hall–Kier alpha value is -7.17. The minimum atomic E-state index is -9.71. The summed E-state index contributed by atoms with van der Waals surface area (Å²) in [7, 11) is -6.26. The van der Waals surface area contributed by atoms with Gasteiger partial charge in [-0.3, -0.25) is 37.9 Å². The molecule has 0 radical (unpaired) electrons. The Morgan fingerprint density at radius 1 is 0.180 bits per heavy atom. The van der Waals surface area contributed by atoms with Gasteiger partial charge in [0.1, 0.15) is 11.5 Å². The summed E-state index contributed by atoms with van der Waals surface area (Å²) in [5, 5.41) is -1.36. The third kappa shape index (κ3) is 18.4. The van der Waals surface area contributed by atoms with Crippen molar-refractivity contribution in [2.45, 2.75) is 181 Å². The summed E-state index contributed by atoms with van der Waals surface area (Å²) in [5.74, 6) is -112. The molecule has 74 heteroatoms. The summed E-state index contributed by atoms with van der Waals surface area (Å²) < 4.78 is 906. The third-order valence-electron chi connectivity index (χ3n) is 13.5. The second-order valence-corrected chi connectivity index (χ2v) is 23.9. The molecule has 8 atom stereocenters. The van der Waals surface area contributed by atoms with Crippen LogP contribution in [0.1, 0.15) is 11.1 Å². The Bertz CT molecular complexity index is 3900. The van der Waals surface area contributed by atoms with Gasteiger partial charge >= 0.3 is 189 Å². The molecule has 0 bridgehead atoms. The van der Waals surface area contributed by atoms with Gasteiger partial charge in [0.05, 0.1) is 5.30 Å². The van der Waals surface area contributed by atoms with Crippen molar-refractivity contribution in [1.29, 1.82) is 0 Å². The molecular formula is C48H13F62O11P. The molecule has 3 rings (SSSR count). The largest absolute Gasteiger partial charge is 0.462 e. The summed E-state index contributed by atoms with van der Waals surface area (Å²) >= 11 is 0. The number of hydrogen-bond donors (Lipinski definition) is 0. The molecule has 0 saturated heterocycles. The van der Waals surface area contributed by atoms with Crippen molar-refractivity contribution >= 4 is 12.9 Å². The second kappa shape index (κ2) is 30.8. The summed E-state index contributed by atoms with van der Waals surface area (Å²) in [6, 6.07) is -5.35. The molecule has 122 heavy (non-hydrogen) atoms. The van der Waals surface area contributed by atoms with Gasteiger partial charge in [0.15, 0.2) is 0 Å². The zero-order chi connectivity index (χ0) is 97.7. The Morgan fingerprint density at radius 3 is 0.492 bits per heavy atom. The van der Waals surface area contributed by atoms with Crippen LogP contribution in [0.3, 0.4) is 0 Å². The summed E-state index contributed by atoms with van der Waals surface area (Å²) in [6.45, 7) is 0. The Labute approximate surface area is 619 Å². The van der Waals surface area contributed by atoms with Crippen LogP contribution >= 0.6 is 7.60 Å². The van der Waals surface area contributed by atoms with E-state index in [1.807, 2.05) is 0 Å². The van der Waals surface area contributed by atoms with Crippen LogP contribution in [0.4, 0.5) is 272 Å². The van der Waals surface area contributed by atoms with Gasteiger partial charge in [0, 0.05) is 11.1 Å². The minimum absolute atomic E-state index is 0.273. The predicted molar refractivity (Wildman–Crippen MR) is 245 cm³/mol. The van der Waals surface area contributed by atoms with E-state index in [9.17, 15) is 215 Å². The zero-order valence-electron chi connectivity index (χ0n) is 53.4. The van der Waals surface area contributed by atoms with Crippen molar-refractivity contribution in [1.82, 2.24) is 0 Å². The van der Waals surface area contributed by atoms with Crippen molar-refractivity contribution in [3.8, 4) is 11.5 Å². The topological polar surface area (TPSA) is 109 Å². The number of alkyl halides is 62. The molecule has 11 nitrogen and oxygen atoms in total. The fraction of sp³-hybridized carbons (Fsp3) is 0.625. The average Bonchev–Trinajstić information content (AvgIpc) is 0.709. The van der Waals surface area contributed by atoms with Gasteiger partial charge in [0.2, 0.25) is 0 Å². The molecule has 0 heterocycles. The molecule has 0 N–H and O–H groups in total. The quantitative estimate of drug-likeness (QED) is 0.0429. The second-order valence-electron chi connectivity index (χ2n) is 22.1. The molecule has 0 aliphatic rings. The van der Waals surface area contributed by atoms with Crippen molar-refractivity contribution < 1.29 is 324 Å². The van der Waals surface area contributed by atoms with Crippen LogP contribution in [-0.4, -0.2) is 169 Å². The van der Waals surface area contributed by atoms with E-state index in [0.29, 0.717) is 12.1 Å². The van der Waals surface area contributed by atoms with E-state index in [-0.39, 0.29) is 12.1 Å². The first-order valence-electron chi connectivity index (χ1n) is 27.2. The predicted octanol–water partition coefficient (Wildman–Crippen LogP) is 23.9. The smallest absolute Gasteiger partial charge is 0.413 e. The molecule has 8 unspecified atom stereocenters. The third-order valence-corrected chi connectivity index (χ3v) is 15.4. The lowest BCUT2D eigenvalue weighted by Gasteiger charge is -2.44. The lowest BCUT2D eigenvalue weighted by molar-refractivity contribution is -0.595. The average molecular weight is 1970 g/mol. The normalized spacial score (nSPS) is 19.8. The molecule has 0 saturated carbocycles. The van der Waals surface area contributed by atoms with Gasteiger partial charge in [-0.2, -0.15) is 272 Å². The van der Waals surface area contributed by atoms with E-state index in [1.165, 1.54) is 9.47 Å². The van der Waals surface area contributed by atoms with Gasteiger partial charge < -0.3 is 9.05 Å². The van der Waals surface area contributed by atoms with E-state index in [0.717, 1.165) is 34.5 Å². The van der Waals surface area contributed by atoms with Gasteiger partial charge in [-0.15, -0.1) is 0 Å². The SMILES string of the molecule is O=P(Oc1ccc(C(F)(F)C(F)(OC(F)(F)C(F)(OC(F)(F)C(F)(OC(F)(F)C(F)(OC(F)(F)C(F)(F)C(F)(F)F)C(F)(F)F)C(F)(F)F)C(F)(F)F)C(F)(F)F)cc1)(Oc1ccc(C(F)(F)C(F)(OC(F)(F)C(F)(OC(F)(F)C(F)(OC(F)(F)C(F)(OC(F)(F)C(F)(F)C(F)(F)F)C(F)(F)F)C(F)(F)F)C(F)(F)F)C(F)(F)F)cc1)c1ccccc1. The minimum Gasteiger partial charge on any atom is -0.413 e. The molecule has 710 valence electrons. The number of hydrogen-bond acceptors (Lipinski definition) is 11. The van der Waals surface area contributed by atoms with E-state index in [4.69, 9.17) is 0 Å². The highest BCUT2D eigenvalue weighted by atomic mass is 31.2. The van der Waals surface area contributed by atoms with Gasteiger partial charge in [-0.1, -0.05) is 18.2 Å². The first-order valence-corrected chi connectivity index (χ1v) is 28.8. The lowest BCUT2D eigenvalue weighted by Crippen LogP contribution is -2.72. The van der Waals surface area contributed by atoms with Crippen LogP contribution in [0.5, 0.6) is 11.5 Å². The molecule has 3 aromatic carbocycles. The first-order chi connectivity index (χ1) is 52.6. The van der Waals surface area contributed by atoms with E-state index in [2.05, 4.69) is 9.05 Å². The van der Waals surface area contributed by atoms with Crippen LogP contribution in [0.25, 0.3) is 0 Å². The van der Waals surface area contributed by atoms with Crippen LogP contribution in [0.15, 0.2) is 78.9 Å². The Morgan fingerprint density at radius 2 is 0.336 bits per heavy atom. The van der Waals surface area contributed by atoms with Crippen molar-refractivity contribution in [2.24, 2.45) is 0 Å². The Kier molecular flexibility index (Phi) is 27.5. The maximum atomic E-state index is 15.7.